The summed E-state index contributed by atoms with van der Waals surface area (Å²) in [5.74, 6) is -0.669. The minimum Gasteiger partial charge on any atom is -0.372 e. The molecule has 3 aromatic carbocycles. The lowest BCUT2D eigenvalue weighted by Gasteiger charge is -2.47. The van der Waals surface area contributed by atoms with Crippen LogP contribution >= 0.6 is 0 Å². The lowest BCUT2D eigenvalue weighted by Crippen LogP contribution is -2.54. The van der Waals surface area contributed by atoms with E-state index in [0.717, 1.165) is 21.9 Å². The third-order valence-corrected chi connectivity index (χ3v) is 7.21. The molecule has 1 fully saturated rings. The summed E-state index contributed by atoms with van der Waals surface area (Å²) in [7, 11) is 0. The second-order valence-corrected chi connectivity index (χ2v) is 9.26. The molecule has 176 valence electrons. The maximum Gasteiger partial charge on any atom is 0.398 e. The van der Waals surface area contributed by atoms with Crippen molar-refractivity contribution in [2.75, 3.05) is 13.1 Å². The molecule has 5 heteroatoms. The van der Waals surface area contributed by atoms with Crippen LogP contribution in [0.1, 0.15) is 24.0 Å². The molecule has 2 aliphatic rings. The third-order valence-electron chi connectivity index (χ3n) is 7.21. The maximum absolute atomic E-state index is 14.8. The van der Waals surface area contributed by atoms with Crippen molar-refractivity contribution in [3.8, 4) is 0 Å². The first-order valence-electron chi connectivity index (χ1n) is 11.8. The Morgan fingerprint density at radius 3 is 2.50 bits per heavy atom. The highest BCUT2D eigenvalue weighted by Crippen LogP contribution is 2.55. The van der Waals surface area contributed by atoms with Crippen molar-refractivity contribution in [2.24, 2.45) is 11.3 Å². The van der Waals surface area contributed by atoms with E-state index in [9.17, 15) is 13.2 Å². The number of rotatable bonds is 5. The second kappa shape index (κ2) is 9.40. The maximum atomic E-state index is 14.8. The molecule has 2 nitrogen and oxygen atoms in total. The Morgan fingerprint density at radius 2 is 1.71 bits per heavy atom. The van der Waals surface area contributed by atoms with E-state index in [1.165, 1.54) is 6.08 Å². The Hall–Kier alpha value is -2.89. The molecule has 1 N–H and O–H groups in total. The van der Waals surface area contributed by atoms with Crippen molar-refractivity contribution >= 4 is 16.3 Å². The first-order chi connectivity index (χ1) is 16.5. The number of benzene rings is 3. The summed E-state index contributed by atoms with van der Waals surface area (Å²) < 4.78 is 50.7. The summed E-state index contributed by atoms with van der Waals surface area (Å²) in [4.78, 5) is 0. The Bertz CT molecular complexity index is 1200. The van der Waals surface area contributed by atoms with Crippen LogP contribution in [0.25, 0.3) is 16.3 Å². The smallest absolute Gasteiger partial charge is 0.372 e. The van der Waals surface area contributed by atoms with Crippen LogP contribution in [0.2, 0.25) is 0 Å². The van der Waals surface area contributed by atoms with Crippen LogP contribution in [0.3, 0.4) is 0 Å². The molecule has 0 bridgehead atoms. The van der Waals surface area contributed by atoms with Gasteiger partial charge < -0.3 is 10.1 Å². The van der Waals surface area contributed by atoms with Gasteiger partial charge in [0.1, 0.15) is 0 Å². The molecule has 0 amide bonds. The largest absolute Gasteiger partial charge is 0.398 e. The predicted molar refractivity (Wildman–Crippen MR) is 130 cm³/mol. The molecule has 34 heavy (non-hydrogen) atoms. The minimum absolute atomic E-state index is 0.0719. The van der Waals surface area contributed by atoms with E-state index < -0.39 is 23.6 Å². The van der Waals surface area contributed by atoms with Gasteiger partial charge in [0.15, 0.2) is 0 Å². The molecule has 0 aromatic heterocycles. The fourth-order valence-corrected chi connectivity index (χ4v) is 5.41. The fraction of sp³-hybridized carbons (Fsp3) is 0.310. The highest BCUT2D eigenvalue weighted by atomic mass is 19.4. The summed E-state index contributed by atoms with van der Waals surface area (Å²) in [5, 5.41) is 5.48. The first-order valence-corrected chi connectivity index (χ1v) is 11.8. The van der Waals surface area contributed by atoms with E-state index in [0.29, 0.717) is 25.1 Å². The van der Waals surface area contributed by atoms with Crippen molar-refractivity contribution in [2.45, 2.75) is 31.7 Å². The molecule has 0 radical (unpaired) electrons. The van der Waals surface area contributed by atoms with Crippen LogP contribution in [0.15, 0.2) is 91.0 Å². The number of nitrogens with one attached hydrogen (secondary N) is 1. The van der Waals surface area contributed by atoms with Gasteiger partial charge >= 0.3 is 6.18 Å². The number of fused-ring (bicyclic) bond motifs is 1. The van der Waals surface area contributed by atoms with Gasteiger partial charge in [-0.1, -0.05) is 85.0 Å². The number of piperidine rings is 1. The Balaban J connectivity index is 1.41. The van der Waals surface area contributed by atoms with Crippen molar-refractivity contribution < 1.29 is 17.9 Å². The number of ether oxygens (including phenoxy) is 1. The summed E-state index contributed by atoms with van der Waals surface area (Å²) in [6, 6.07) is 23.5. The standard InChI is InChI=1S/C29H28F3NO/c30-29(31,32)28(15-6-11-25(18-28)22-7-2-1-3-8-22)26-14-16-33-19-27(26)34-20-21-12-13-23-9-4-5-10-24(23)17-21/h1-13,15,17,26-27,33H,14,16,18-20H2/t26-,27-,28?/m0/s1. The van der Waals surface area contributed by atoms with Crippen molar-refractivity contribution in [1.82, 2.24) is 5.32 Å². The van der Waals surface area contributed by atoms with Crippen molar-refractivity contribution in [3.63, 3.8) is 0 Å². The van der Waals surface area contributed by atoms with E-state index >= 15 is 0 Å². The van der Waals surface area contributed by atoms with Crippen LogP contribution in [0.4, 0.5) is 13.2 Å². The lowest BCUT2D eigenvalue weighted by molar-refractivity contribution is -0.239. The molecule has 1 saturated heterocycles. The fourth-order valence-electron chi connectivity index (χ4n) is 5.41. The highest BCUT2D eigenvalue weighted by Gasteiger charge is 2.60. The zero-order valence-electron chi connectivity index (χ0n) is 18.9. The summed E-state index contributed by atoms with van der Waals surface area (Å²) in [6.07, 6.45) is 0.187. The van der Waals surface area contributed by atoms with Gasteiger partial charge in [-0.05, 0) is 52.9 Å². The molecular formula is C29H28F3NO. The monoisotopic (exact) mass is 463 g/mol. The summed E-state index contributed by atoms with van der Waals surface area (Å²) in [5.41, 5.74) is 0.562. The lowest BCUT2D eigenvalue weighted by atomic mass is 9.63. The molecule has 1 unspecified atom stereocenters. The minimum atomic E-state index is -4.38. The third kappa shape index (κ3) is 4.42. The van der Waals surface area contributed by atoms with E-state index in [4.69, 9.17) is 4.74 Å². The van der Waals surface area contributed by atoms with E-state index in [1.54, 1.807) is 6.08 Å². The average molecular weight is 464 g/mol. The number of halogens is 3. The number of alkyl halides is 3. The van der Waals surface area contributed by atoms with E-state index in [2.05, 4.69) is 11.4 Å². The highest BCUT2D eigenvalue weighted by molar-refractivity contribution is 5.82. The van der Waals surface area contributed by atoms with Crippen LogP contribution in [-0.4, -0.2) is 25.4 Å². The Kier molecular flexibility index (Phi) is 6.32. The second-order valence-electron chi connectivity index (χ2n) is 9.26. The number of allylic oxidation sites excluding steroid dienone is 4. The zero-order valence-corrected chi connectivity index (χ0v) is 18.9. The normalized spacial score (nSPS) is 25.3. The van der Waals surface area contributed by atoms with Gasteiger partial charge in [0.05, 0.1) is 18.1 Å². The van der Waals surface area contributed by atoms with Crippen LogP contribution in [0, 0.1) is 11.3 Å². The molecule has 0 spiro atoms. The Labute approximate surface area is 198 Å². The quantitative estimate of drug-likeness (QED) is 0.443. The van der Waals surface area contributed by atoms with Gasteiger partial charge in [-0.2, -0.15) is 13.2 Å². The number of hydrogen-bond donors (Lipinski definition) is 1. The van der Waals surface area contributed by atoms with Crippen LogP contribution in [0.5, 0.6) is 0 Å². The molecule has 1 aliphatic heterocycles. The van der Waals surface area contributed by atoms with E-state index in [1.807, 2.05) is 72.8 Å². The average Bonchev–Trinajstić information content (AvgIpc) is 2.87. The molecule has 3 aromatic rings. The van der Waals surface area contributed by atoms with Gasteiger partial charge in [-0.3, -0.25) is 0 Å². The Morgan fingerprint density at radius 1 is 0.941 bits per heavy atom. The number of hydrogen-bond acceptors (Lipinski definition) is 2. The van der Waals surface area contributed by atoms with Gasteiger partial charge in [-0.25, -0.2) is 0 Å². The van der Waals surface area contributed by atoms with Gasteiger partial charge in [0.2, 0.25) is 0 Å². The topological polar surface area (TPSA) is 21.3 Å². The van der Waals surface area contributed by atoms with Crippen molar-refractivity contribution in [1.29, 1.82) is 0 Å². The molecule has 3 atom stereocenters. The van der Waals surface area contributed by atoms with Gasteiger partial charge in [0.25, 0.3) is 0 Å². The summed E-state index contributed by atoms with van der Waals surface area (Å²) in [6.45, 7) is 1.25. The summed E-state index contributed by atoms with van der Waals surface area (Å²) >= 11 is 0. The zero-order chi connectivity index (χ0) is 23.6. The molecular weight excluding hydrogens is 435 g/mol. The molecule has 1 aliphatic carbocycles. The van der Waals surface area contributed by atoms with Crippen molar-refractivity contribution in [3.05, 3.63) is 102 Å². The molecule has 5 rings (SSSR count). The first kappa shape index (κ1) is 22.9. The van der Waals surface area contributed by atoms with Gasteiger partial charge in [-0.15, -0.1) is 0 Å². The molecule has 0 saturated carbocycles. The van der Waals surface area contributed by atoms with Crippen LogP contribution < -0.4 is 5.32 Å². The van der Waals surface area contributed by atoms with Crippen LogP contribution in [-0.2, 0) is 11.3 Å². The SMILES string of the molecule is FC(F)(F)C1([C@H]2CCNC[C@@H]2OCc2ccc3ccccc3c2)C=CC=C(c2ccccc2)C1. The predicted octanol–water partition coefficient (Wildman–Crippen LogP) is 6.93. The molecule has 1 heterocycles. The van der Waals surface area contributed by atoms with Gasteiger partial charge in [0, 0.05) is 12.5 Å². The van der Waals surface area contributed by atoms with E-state index in [-0.39, 0.29) is 13.0 Å².